The summed E-state index contributed by atoms with van der Waals surface area (Å²) in [6.45, 7) is 13.0. The second-order valence-corrected chi connectivity index (χ2v) is 10.5. The molecule has 11 heteroatoms. The van der Waals surface area contributed by atoms with Crippen LogP contribution in [0.4, 0.5) is 21.0 Å². The van der Waals surface area contributed by atoms with Crippen molar-refractivity contribution in [3.05, 3.63) is 27.8 Å². The van der Waals surface area contributed by atoms with Gasteiger partial charge in [0, 0.05) is 49.9 Å². The standard InChI is InChI=1S/C23H34N4O7/c1-22(2,3)33-20(28)24-17-12-19-15(11-18(17)27(30)31)13-25-8-9-26(14-16(25)7-10-32-19)21(29)34-23(4,5)6/h11-12,16H,7-10,13-14H2,1-6H3,(H,24,28). The molecule has 1 fully saturated rings. The van der Waals surface area contributed by atoms with Gasteiger partial charge in [-0.25, -0.2) is 9.59 Å². The average molecular weight is 479 g/mol. The number of nitrogens with zero attached hydrogens (tertiary/aromatic N) is 3. The molecule has 0 spiro atoms. The lowest BCUT2D eigenvalue weighted by molar-refractivity contribution is -0.384. The molecule has 2 aliphatic rings. The van der Waals surface area contributed by atoms with E-state index in [2.05, 4.69) is 10.2 Å². The van der Waals surface area contributed by atoms with Crippen molar-refractivity contribution in [3.63, 3.8) is 0 Å². The minimum atomic E-state index is -0.778. The smallest absolute Gasteiger partial charge is 0.412 e. The summed E-state index contributed by atoms with van der Waals surface area (Å²) in [6, 6.07) is 2.95. The van der Waals surface area contributed by atoms with Crippen molar-refractivity contribution in [1.82, 2.24) is 9.80 Å². The molecule has 2 amide bonds. The molecule has 0 bridgehead atoms. The molecule has 11 nitrogen and oxygen atoms in total. The molecule has 2 aliphatic heterocycles. The van der Waals surface area contributed by atoms with Crippen LogP contribution in [0.2, 0.25) is 0 Å². The number of nitrogens with one attached hydrogen (secondary N) is 1. The van der Waals surface area contributed by atoms with Gasteiger partial charge in [0.15, 0.2) is 0 Å². The molecule has 0 aromatic heterocycles. The Morgan fingerprint density at radius 1 is 1.12 bits per heavy atom. The first-order valence-electron chi connectivity index (χ1n) is 11.4. The van der Waals surface area contributed by atoms with Crippen molar-refractivity contribution in [2.75, 3.05) is 31.6 Å². The van der Waals surface area contributed by atoms with Gasteiger partial charge in [-0.15, -0.1) is 0 Å². The summed E-state index contributed by atoms with van der Waals surface area (Å²) in [5, 5.41) is 14.2. The molecule has 1 saturated heterocycles. The van der Waals surface area contributed by atoms with Crippen LogP contribution in [0.15, 0.2) is 12.1 Å². The number of nitro groups is 1. The number of carbonyl (C=O) groups is 2. The van der Waals surface area contributed by atoms with Crippen LogP contribution in [0.5, 0.6) is 5.75 Å². The van der Waals surface area contributed by atoms with Gasteiger partial charge < -0.3 is 19.1 Å². The summed E-state index contributed by atoms with van der Waals surface area (Å²) in [6.07, 6.45) is -0.450. The van der Waals surface area contributed by atoms with E-state index in [1.165, 1.54) is 12.1 Å². The lowest BCUT2D eigenvalue weighted by Gasteiger charge is -2.42. The minimum Gasteiger partial charge on any atom is -0.493 e. The number of hydrogen-bond acceptors (Lipinski definition) is 8. The van der Waals surface area contributed by atoms with Gasteiger partial charge in [0.05, 0.1) is 11.5 Å². The molecule has 1 atom stereocenters. The maximum absolute atomic E-state index is 12.5. The number of nitro benzene ring substituents is 1. The fraction of sp³-hybridized carbons (Fsp3) is 0.652. The molecular weight excluding hydrogens is 444 g/mol. The third kappa shape index (κ3) is 6.72. The highest BCUT2D eigenvalue weighted by atomic mass is 16.6. The largest absolute Gasteiger partial charge is 0.493 e. The third-order valence-electron chi connectivity index (χ3n) is 5.35. The average Bonchev–Trinajstić information content (AvgIpc) is 2.65. The van der Waals surface area contributed by atoms with Crippen LogP contribution < -0.4 is 10.1 Å². The Hall–Kier alpha value is -3.08. The zero-order chi connectivity index (χ0) is 25.3. The zero-order valence-corrected chi connectivity index (χ0v) is 20.7. The molecule has 1 aromatic carbocycles. The predicted molar refractivity (Wildman–Crippen MR) is 125 cm³/mol. The van der Waals surface area contributed by atoms with Crippen molar-refractivity contribution in [3.8, 4) is 5.75 Å². The molecule has 0 saturated carbocycles. The molecule has 34 heavy (non-hydrogen) atoms. The fourth-order valence-electron chi connectivity index (χ4n) is 3.93. The van der Waals surface area contributed by atoms with E-state index in [1.54, 1.807) is 25.7 Å². The van der Waals surface area contributed by atoms with Gasteiger partial charge in [-0.05, 0) is 48.0 Å². The molecule has 1 aromatic rings. The normalized spacial score (nSPS) is 19.0. The zero-order valence-electron chi connectivity index (χ0n) is 20.7. The van der Waals surface area contributed by atoms with Crippen LogP contribution in [0.25, 0.3) is 0 Å². The van der Waals surface area contributed by atoms with Crippen LogP contribution in [0, 0.1) is 10.1 Å². The number of amides is 2. The highest BCUT2D eigenvalue weighted by molar-refractivity contribution is 5.88. The van der Waals surface area contributed by atoms with Gasteiger partial charge in [-0.2, -0.15) is 0 Å². The number of rotatable bonds is 2. The number of anilines is 1. The summed E-state index contributed by atoms with van der Waals surface area (Å²) >= 11 is 0. The van der Waals surface area contributed by atoms with Crippen molar-refractivity contribution < 1.29 is 28.7 Å². The van der Waals surface area contributed by atoms with Gasteiger partial charge in [-0.3, -0.25) is 20.3 Å². The number of benzene rings is 1. The maximum Gasteiger partial charge on any atom is 0.412 e. The highest BCUT2D eigenvalue weighted by Crippen LogP contribution is 2.36. The molecule has 1 unspecified atom stereocenters. The Kier molecular flexibility index (Phi) is 7.25. The third-order valence-corrected chi connectivity index (χ3v) is 5.35. The van der Waals surface area contributed by atoms with E-state index < -0.39 is 22.2 Å². The SMILES string of the molecule is CC(C)(C)OC(=O)Nc1cc2c(cc1[N+](=O)[O-])CN1CCN(C(=O)OC(C)(C)C)CC1CCO2. The minimum absolute atomic E-state index is 0.0184. The first kappa shape index (κ1) is 25.5. The number of piperazine rings is 1. The van der Waals surface area contributed by atoms with Gasteiger partial charge in [0.2, 0.25) is 0 Å². The topological polar surface area (TPSA) is 123 Å². The van der Waals surface area contributed by atoms with E-state index in [4.69, 9.17) is 14.2 Å². The number of ether oxygens (including phenoxy) is 3. The maximum atomic E-state index is 12.5. The molecular formula is C23H34N4O7. The van der Waals surface area contributed by atoms with Crippen molar-refractivity contribution in [2.45, 2.75) is 71.8 Å². The van der Waals surface area contributed by atoms with Crippen LogP contribution >= 0.6 is 0 Å². The number of fused-ring (bicyclic) bond motifs is 2. The lowest BCUT2D eigenvalue weighted by Crippen LogP contribution is -2.55. The van der Waals surface area contributed by atoms with Crippen LogP contribution in [-0.2, 0) is 16.0 Å². The second-order valence-electron chi connectivity index (χ2n) is 10.5. The van der Waals surface area contributed by atoms with Crippen molar-refractivity contribution in [1.29, 1.82) is 0 Å². The number of carbonyl (C=O) groups excluding carboxylic acids is 2. The van der Waals surface area contributed by atoms with Gasteiger partial charge in [0.25, 0.3) is 5.69 Å². The monoisotopic (exact) mass is 478 g/mol. The summed E-state index contributed by atoms with van der Waals surface area (Å²) in [4.78, 5) is 39.8. The molecule has 0 radical (unpaired) electrons. The first-order chi connectivity index (χ1) is 15.7. The Morgan fingerprint density at radius 2 is 1.79 bits per heavy atom. The molecule has 2 heterocycles. The predicted octanol–water partition coefficient (Wildman–Crippen LogP) is 4.15. The summed E-state index contributed by atoms with van der Waals surface area (Å²) < 4.78 is 16.7. The van der Waals surface area contributed by atoms with Gasteiger partial charge in [0.1, 0.15) is 22.6 Å². The van der Waals surface area contributed by atoms with E-state index in [-0.39, 0.29) is 23.5 Å². The van der Waals surface area contributed by atoms with E-state index >= 15 is 0 Å². The van der Waals surface area contributed by atoms with Crippen molar-refractivity contribution in [2.24, 2.45) is 0 Å². The van der Waals surface area contributed by atoms with E-state index in [9.17, 15) is 19.7 Å². The Balaban J connectivity index is 1.78. The first-order valence-corrected chi connectivity index (χ1v) is 11.4. The fourth-order valence-corrected chi connectivity index (χ4v) is 3.93. The van der Waals surface area contributed by atoms with E-state index in [1.807, 2.05) is 20.8 Å². The quantitative estimate of drug-likeness (QED) is 0.497. The number of hydrogen-bond donors (Lipinski definition) is 1. The summed E-state index contributed by atoms with van der Waals surface area (Å²) in [5.41, 5.74) is -0.879. The van der Waals surface area contributed by atoms with Gasteiger partial charge in [-0.1, -0.05) is 0 Å². The Morgan fingerprint density at radius 3 is 2.41 bits per heavy atom. The van der Waals surface area contributed by atoms with Crippen LogP contribution in [0.3, 0.4) is 0 Å². The lowest BCUT2D eigenvalue weighted by atomic mass is 10.0. The van der Waals surface area contributed by atoms with E-state index in [0.29, 0.717) is 50.5 Å². The van der Waals surface area contributed by atoms with E-state index in [0.717, 1.165) is 0 Å². The summed E-state index contributed by atoms with van der Waals surface area (Å²) in [5.74, 6) is 0.477. The molecule has 3 rings (SSSR count). The summed E-state index contributed by atoms with van der Waals surface area (Å²) in [7, 11) is 0. The van der Waals surface area contributed by atoms with Crippen LogP contribution in [0.1, 0.15) is 53.5 Å². The molecule has 0 aliphatic carbocycles. The van der Waals surface area contributed by atoms with Crippen LogP contribution in [-0.4, -0.2) is 70.4 Å². The Bertz CT molecular complexity index is 952. The van der Waals surface area contributed by atoms with Gasteiger partial charge >= 0.3 is 12.2 Å². The second kappa shape index (κ2) is 9.65. The Labute approximate surface area is 199 Å². The van der Waals surface area contributed by atoms with Crippen molar-refractivity contribution >= 4 is 23.6 Å². The molecule has 1 N–H and O–H groups in total. The highest BCUT2D eigenvalue weighted by Gasteiger charge is 2.34. The molecule has 188 valence electrons.